The topological polar surface area (TPSA) is 62.0 Å². The smallest absolute Gasteiger partial charge is 0.257 e. The average molecular weight is 284 g/mol. The number of nitrogens with one attached hydrogen (secondary N) is 2. The second kappa shape index (κ2) is 5.56. The summed E-state index contributed by atoms with van der Waals surface area (Å²) in [5, 5.41) is 2.90. The zero-order valence-electron chi connectivity index (χ0n) is 13.0. The number of hydrogen-bond acceptors (Lipinski definition) is 2. The van der Waals surface area contributed by atoms with E-state index < -0.39 is 0 Å². The van der Waals surface area contributed by atoms with E-state index in [1.165, 1.54) is 6.92 Å². The lowest BCUT2D eigenvalue weighted by molar-refractivity contribution is 0.101. The number of amides is 1. The van der Waals surface area contributed by atoms with Crippen molar-refractivity contribution in [1.82, 2.24) is 4.98 Å². The number of aromatic nitrogens is 1. The molecule has 0 unspecified atom stereocenters. The number of H-pyrrole nitrogens is 1. The van der Waals surface area contributed by atoms with Crippen molar-refractivity contribution < 1.29 is 9.59 Å². The Hall–Kier alpha value is -2.36. The van der Waals surface area contributed by atoms with Gasteiger partial charge in [-0.25, -0.2) is 0 Å². The summed E-state index contributed by atoms with van der Waals surface area (Å²) in [6, 6.07) is 5.90. The maximum Gasteiger partial charge on any atom is 0.257 e. The Labute approximate surface area is 124 Å². The van der Waals surface area contributed by atoms with Crippen molar-refractivity contribution >= 4 is 17.4 Å². The summed E-state index contributed by atoms with van der Waals surface area (Å²) in [5.41, 5.74) is 5.40. The highest BCUT2D eigenvalue weighted by Crippen LogP contribution is 2.21. The molecule has 4 heteroatoms. The van der Waals surface area contributed by atoms with Crippen LogP contribution in [0.15, 0.2) is 18.2 Å². The Morgan fingerprint density at radius 3 is 2.05 bits per heavy atom. The molecule has 0 aliphatic heterocycles. The highest BCUT2D eigenvalue weighted by molar-refractivity contribution is 6.08. The Morgan fingerprint density at radius 1 is 1.00 bits per heavy atom. The van der Waals surface area contributed by atoms with E-state index in [-0.39, 0.29) is 11.7 Å². The van der Waals surface area contributed by atoms with E-state index in [0.717, 1.165) is 16.8 Å². The van der Waals surface area contributed by atoms with Crippen LogP contribution in [-0.4, -0.2) is 16.7 Å². The number of ketones is 1. The van der Waals surface area contributed by atoms with E-state index in [9.17, 15) is 9.59 Å². The summed E-state index contributed by atoms with van der Waals surface area (Å²) < 4.78 is 0. The second-order valence-electron chi connectivity index (χ2n) is 5.51. The van der Waals surface area contributed by atoms with Gasteiger partial charge in [0.25, 0.3) is 5.91 Å². The van der Waals surface area contributed by atoms with Gasteiger partial charge in [-0.15, -0.1) is 0 Å². The van der Waals surface area contributed by atoms with Crippen molar-refractivity contribution in [2.75, 3.05) is 5.32 Å². The van der Waals surface area contributed by atoms with Gasteiger partial charge in [0.2, 0.25) is 0 Å². The van der Waals surface area contributed by atoms with Crippen molar-refractivity contribution in [3.63, 3.8) is 0 Å². The monoisotopic (exact) mass is 284 g/mol. The Balaban J connectivity index is 2.35. The zero-order chi connectivity index (χ0) is 15.7. The van der Waals surface area contributed by atoms with Crippen LogP contribution < -0.4 is 5.32 Å². The Bertz CT molecular complexity index is 706. The summed E-state index contributed by atoms with van der Waals surface area (Å²) in [4.78, 5) is 27.0. The third kappa shape index (κ3) is 3.05. The molecule has 0 fully saturated rings. The standard InChI is InChI=1S/C17H20N2O2/c1-9-6-10(2)8-14(7-9)19-17(21)15-11(3)16(13(5)20)18-12(15)4/h6-8,18H,1-5H3,(H,19,21). The van der Waals surface area contributed by atoms with Crippen LogP contribution >= 0.6 is 0 Å². The maximum absolute atomic E-state index is 12.5. The van der Waals surface area contributed by atoms with Gasteiger partial charge in [0.15, 0.2) is 5.78 Å². The molecule has 1 aromatic heterocycles. The molecule has 2 aromatic rings. The molecule has 0 bridgehead atoms. The van der Waals surface area contributed by atoms with Crippen LogP contribution in [0.3, 0.4) is 0 Å². The molecule has 2 rings (SSSR count). The summed E-state index contributed by atoms with van der Waals surface area (Å²) in [7, 11) is 0. The van der Waals surface area contributed by atoms with Gasteiger partial charge in [0, 0.05) is 18.3 Å². The SMILES string of the molecule is CC(=O)c1[nH]c(C)c(C(=O)Nc2cc(C)cc(C)c2)c1C. The van der Waals surface area contributed by atoms with Crippen LogP contribution in [-0.2, 0) is 0 Å². The largest absolute Gasteiger partial charge is 0.355 e. The fraction of sp³-hybridized carbons (Fsp3) is 0.294. The number of carbonyl (C=O) groups excluding carboxylic acids is 2. The number of aryl methyl sites for hydroxylation is 3. The minimum absolute atomic E-state index is 0.0685. The minimum atomic E-state index is -0.196. The van der Waals surface area contributed by atoms with Crippen molar-refractivity contribution in [2.24, 2.45) is 0 Å². The fourth-order valence-electron chi connectivity index (χ4n) is 2.68. The van der Waals surface area contributed by atoms with Crippen LogP contribution in [0.1, 0.15) is 50.2 Å². The zero-order valence-corrected chi connectivity index (χ0v) is 13.0. The number of Topliss-reactive ketones (excluding diaryl/α,β-unsaturated/α-hetero) is 1. The summed E-state index contributed by atoms with van der Waals surface area (Å²) in [5.74, 6) is -0.264. The molecule has 0 spiro atoms. The Morgan fingerprint density at radius 2 is 1.57 bits per heavy atom. The van der Waals surface area contributed by atoms with Crippen LogP contribution in [0.2, 0.25) is 0 Å². The lowest BCUT2D eigenvalue weighted by atomic mass is 10.1. The fourth-order valence-corrected chi connectivity index (χ4v) is 2.68. The highest BCUT2D eigenvalue weighted by atomic mass is 16.1. The first-order chi connectivity index (χ1) is 9.79. The number of rotatable bonds is 3. The molecule has 0 saturated heterocycles. The Kier molecular flexibility index (Phi) is 3.98. The van der Waals surface area contributed by atoms with Crippen molar-refractivity contribution in [3.8, 4) is 0 Å². The quantitative estimate of drug-likeness (QED) is 0.844. The van der Waals surface area contributed by atoms with E-state index >= 15 is 0 Å². The van der Waals surface area contributed by atoms with Crippen molar-refractivity contribution in [1.29, 1.82) is 0 Å². The molecule has 0 saturated carbocycles. The van der Waals surface area contributed by atoms with Gasteiger partial charge in [0.1, 0.15) is 0 Å². The number of benzene rings is 1. The predicted octanol–water partition coefficient (Wildman–Crippen LogP) is 3.70. The molecule has 1 amide bonds. The molecule has 0 radical (unpaired) electrons. The van der Waals surface area contributed by atoms with Gasteiger partial charge in [-0.1, -0.05) is 6.07 Å². The van der Waals surface area contributed by atoms with Crippen LogP contribution in [0.5, 0.6) is 0 Å². The van der Waals surface area contributed by atoms with Gasteiger partial charge in [-0.05, 0) is 56.5 Å². The molecule has 110 valence electrons. The molecule has 1 heterocycles. The molecule has 1 aromatic carbocycles. The highest BCUT2D eigenvalue weighted by Gasteiger charge is 2.20. The van der Waals surface area contributed by atoms with Crippen molar-refractivity contribution in [2.45, 2.75) is 34.6 Å². The summed E-state index contributed by atoms with van der Waals surface area (Å²) in [6.07, 6.45) is 0. The maximum atomic E-state index is 12.5. The molecule has 0 aliphatic carbocycles. The predicted molar refractivity (Wildman–Crippen MR) is 84.1 cm³/mol. The lowest BCUT2D eigenvalue weighted by Gasteiger charge is -2.08. The van der Waals surface area contributed by atoms with E-state index in [2.05, 4.69) is 16.4 Å². The molecule has 0 atom stereocenters. The number of aromatic amines is 1. The first kappa shape index (κ1) is 15.0. The third-order valence-electron chi connectivity index (χ3n) is 3.50. The van der Waals surface area contributed by atoms with Gasteiger partial charge in [-0.3, -0.25) is 9.59 Å². The van der Waals surface area contributed by atoms with Gasteiger partial charge >= 0.3 is 0 Å². The third-order valence-corrected chi connectivity index (χ3v) is 3.50. The summed E-state index contributed by atoms with van der Waals surface area (Å²) in [6.45, 7) is 9.06. The van der Waals surface area contributed by atoms with Gasteiger partial charge < -0.3 is 10.3 Å². The van der Waals surface area contributed by atoms with E-state index in [1.807, 2.05) is 26.0 Å². The number of hydrogen-bond donors (Lipinski definition) is 2. The molecule has 0 aliphatic rings. The molecule has 21 heavy (non-hydrogen) atoms. The number of carbonyl (C=O) groups is 2. The lowest BCUT2D eigenvalue weighted by Crippen LogP contribution is -2.14. The van der Waals surface area contributed by atoms with Gasteiger partial charge in [-0.2, -0.15) is 0 Å². The van der Waals surface area contributed by atoms with E-state index in [1.54, 1.807) is 13.8 Å². The normalized spacial score (nSPS) is 10.5. The van der Waals surface area contributed by atoms with E-state index in [4.69, 9.17) is 0 Å². The van der Waals surface area contributed by atoms with Crippen molar-refractivity contribution in [3.05, 3.63) is 51.8 Å². The van der Waals surface area contributed by atoms with Crippen LogP contribution in [0.4, 0.5) is 5.69 Å². The average Bonchev–Trinajstić information content (AvgIpc) is 2.63. The minimum Gasteiger partial charge on any atom is -0.355 e. The van der Waals surface area contributed by atoms with Crippen LogP contribution in [0, 0.1) is 27.7 Å². The molecular formula is C17H20N2O2. The molecule has 4 nitrogen and oxygen atoms in total. The second-order valence-corrected chi connectivity index (χ2v) is 5.51. The number of anilines is 1. The first-order valence-corrected chi connectivity index (χ1v) is 6.89. The summed E-state index contributed by atoms with van der Waals surface area (Å²) >= 11 is 0. The first-order valence-electron chi connectivity index (χ1n) is 6.89. The van der Waals surface area contributed by atoms with Crippen LogP contribution in [0.25, 0.3) is 0 Å². The molecular weight excluding hydrogens is 264 g/mol. The molecule has 2 N–H and O–H groups in total. The van der Waals surface area contributed by atoms with Gasteiger partial charge in [0.05, 0.1) is 11.3 Å². The van der Waals surface area contributed by atoms with E-state index in [0.29, 0.717) is 22.5 Å².